The number of thioether (sulfide) groups is 1. The van der Waals surface area contributed by atoms with Gasteiger partial charge in [-0.2, -0.15) is 20.5 Å². The minimum absolute atomic E-state index is 0.455. The Bertz CT molecular complexity index is 523. The summed E-state index contributed by atoms with van der Waals surface area (Å²) in [4.78, 5) is 4.29. The van der Waals surface area contributed by atoms with Crippen LogP contribution in [-0.2, 0) is 5.75 Å². The first-order chi connectivity index (χ1) is 8.59. The Morgan fingerprint density at radius 3 is 2.67 bits per heavy atom. The summed E-state index contributed by atoms with van der Waals surface area (Å²) in [6.07, 6.45) is 0. The maximum Gasteiger partial charge on any atom is 0.320 e. The predicted molar refractivity (Wildman–Crippen MR) is 72.0 cm³/mol. The third-order valence-electron chi connectivity index (χ3n) is 2.55. The second-order valence-electron chi connectivity index (χ2n) is 4.57. The molecule has 0 spiro atoms. The van der Waals surface area contributed by atoms with Crippen LogP contribution in [0.15, 0.2) is 24.3 Å². The number of halogens is 2. The van der Waals surface area contributed by atoms with Crippen molar-refractivity contribution >= 4 is 22.8 Å². The Morgan fingerprint density at radius 1 is 1.28 bits per heavy atom. The van der Waals surface area contributed by atoms with Crippen LogP contribution in [-0.4, -0.2) is 15.3 Å². The molecule has 2 rings (SSSR count). The van der Waals surface area contributed by atoms with E-state index in [4.69, 9.17) is 0 Å². The fraction of sp³-hybridized carbons (Fsp3) is 0.462. The van der Waals surface area contributed by atoms with Crippen LogP contribution in [0.3, 0.4) is 0 Å². The second-order valence-corrected chi connectivity index (χ2v) is 5.60. The molecule has 5 heteroatoms. The molecule has 0 atom stereocenters. The number of aromatic nitrogens is 2. The molecular weight excluding hydrogens is 254 g/mol. The molecule has 1 heterocycles. The van der Waals surface area contributed by atoms with Gasteiger partial charge in [0.2, 0.25) is 0 Å². The Labute approximate surface area is 109 Å². The lowest BCUT2D eigenvalue weighted by Crippen LogP contribution is -2.04. The Morgan fingerprint density at radius 2 is 2.00 bits per heavy atom. The number of hydrogen-bond donors (Lipinski definition) is 0. The van der Waals surface area contributed by atoms with Gasteiger partial charge in [0.05, 0.1) is 16.8 Å². The van der Waals surface area contributed by atoms with Gasteiger partial charge in [0.15, 0.2) is 0 Å². The van der Waals surface area contributed by atoms with Crippen LogP contribution in [0.4, 0.5) is 8.78 Å². The molecule has 18 heavy (non-hydrogen) atoms. The number of benzene rings is 1. The number of para-hydroxylation sites is 2. The van der Waals surface area contributed by atoms with Gasteiger partial charge in [0.1, 0.15) is 5.82 Å². The fourth-order valence-electron chi connectivity index (χ4n) is 1.80. The second kappa shape index (κ2) is 5.69. The molecule has 0 saturated carbocycles. The minimum Gasteiger partial charge on any atom is -0.269 e. The van der Waals surface area contributed by atoms with Crippen LogP contribution in [0.1, 0.15) is 26.2 Å². The van der Waals surface area contributed by atoms with Crippen LogP contribution in [0, 0.1) is 5.92 Å². The third kappa shape index (κ3) is 2.83. The molecule has 2 aromatic rings. The van der Waals surface area contributed by atoms with Gasteiger partial charge >= 0.3 is 6.55 Å². The van der Waals surface area contributed by atoms with Crippen molar-refractivity contribution in [2.24, 2.45) is 5.92 Å². The number of hydrogen-bond acceptors (Lipinski definition) is 2. The molecule has 98 valence electrons. The molecule has 0 fully saturated rings. The Kier molecular flexibility index (Phi) is 4.22. The molecule has 0 aliphatic carbocycles. The van der Waals surface area contributed by atoms with Gasteiger partial charge in [0, 0.05) is 0 Å². The molecule has 0 saturated heterocycles. The van der Waals surface area contributed by atoms with Crippen molar-refractivity contribution in [3.8, 4) is 0 Å². The molecule has 1 aromatic carbocycles. The van der Waals surface area contributed by atoms with E-state index in [0.29, 0.717) is 28.5 Å². The zero-order valence-electron chi connectivity index (χ0n) is 10.4. The molecular formula is C13H16F2N2S. The number of rotatable bonds is 5. The van der Waals surface area contributed by atoms with Crippen molar-refractivity contribution in [3.05, 3.63) is 30.1 Å². The first-order valence-corrected chi connectivity index (χ1v) is 7.06. The molecule has 0 unspecified atom stereocenters. The summed E-state index contributed by atoms with van der Waals surface area (Å²) in [5, 5.41) is 0. The van der Waals surface area contributed by atoms with Crippen LogP contribution in [0.25, 0.3) is 11.0 Å². The van der Waals surface area contributed by atoms with E-state index in [-0.39, 0.29) is 0 Å². The smallest absolute Gasteiger partial charge is 0.269 e. The quantitative estimate of drug-likeness (QED) is 0.805. The molecule has 0 aliphatic heterocycles. The van der Waals surface area contributed by atoms with Crippen molar-refractivity contribution < 1.29 is 8.78 Å². The molecule has 2 nitrogen and oxygen atoms in total. The van der Waals surface area contributed by atoms with Crippen LogP contribution >= 0.6 is 11.8 Å². The first-order valence-electron chi connectivity index (χ1n) is 5.91. The minimum atomic E-state index is -2.54. The molecule has 0 radical (unpaired) electrons. The average molecular weight is 270 g/mol. The SMILES string of the molecule is CC(C)CSCc1nc2ccccc2n1C(F)F. The Balaban J connectivity index is 2.28. The molecule has 0 N–H and O–H groups in total. The van der Waals surface area contributed by atoms with Gasteiger partial charge in [0.25, 0.3) is 0 Å². The third-order valence-corrected chi connectivity index (χ3v) is 3.91. The lowest BCUT2D eigenvalue weighted by molar-refractivity contribution is 0.0722. The number of alkyl halides is 2. The Hall–Kier alpha value is -1.10. The highest BCUT2D eigenvalue weighted by molar-refractivity contribution is 7.98. The van der Waals surface area contributed by atoms with E-state index < -0.39 is 6.55 Å². The largest absolute Gasteiger partial charge is 0.320 e. The lowest BCUT2D eigenvalue weighted by Gasteiger charge is -2.08. The van der Waals surface area contributed by atoms with Gasteiger partial charge < -0.3 is 0 Å². The van der Waals surface area contributed by atoms with Crippen molar-refractivity contribution in [1.29, 1.82) is 0 Å². The highest BCUT2D eigenvalue weighted by atomic mass is 32.2. The zero-order chi connectivity index (χ0) is 13.1. The van der Waals surface area contributed by atoms with Gasteiger partial charge in [-0.3, -0.25) is 4.57 Å². The van der Waals surface area contributed by atoms with E-state index in [1.807, 2.05) is 6.07 Å². The molecule has 1 aromatic heterocycles. The predicted octanol–water partition coefficient (Wildman–Crippen LogP) is 4.32. The van der Waals surface area contributed by atoms with Crippen LogP contribution in [0.2, 0.25) is 0 Å². The van der Waals surface area contributed by atoms with E-state index in [1.165, 1.54) is 0 Å². The number of fused-ring (bicyclic) bond motifs is 1. The number of imidazole rings is 1. The maximum absolute atomic E-state index is 13.1. The molecule has 0 bridgehead atoms. The average Bonchev–Trinajstić information content (AvgIpc) is 2.66. The van der Waals surface area contributed by atoms with Gasteiger partial charge in [-0.15, -0.1) is 0 Å². The standard InChI is InChI=1S/C13H16F2N2S/c1-9(2)7-18-8-12-16-10-5-3-4-6-11(10)17(12)13(14)15/h3-6,9,13H,7-8H2,1-2H3. The molecule has 0 aliphatic rings. The van der Waals surface area contributed by atoms with E-state index in [0.717, 1.165) is 10.3 Å². The number of nitrogens with zero attached hydrogens (tertiary/aromatic N) is 2. The summed E-state index contributed by atoms with van der Waals surface area (Å²) in [6.45, 7) is 1.69. The van der Waals surface area contributed by atoms with E-state index >= 15 is 0 Å². The summed E-state index contributed by atoms with van der Waals surface area (Å²) < 4.78 is 27.2. The maximum atomic E-state index is 13.1. The van der Waals surface area contributed by atoms with Gasteiger partial charge in [-0.1, -0.05) is 26.0 Å². The van der Waals surface area contributed by atoms with Crippen LogP contribution < -0.4 is 0 Å². The summed E-state index contributed by atoms with van der Waals surface area (Å²) in [5.41, 5.74) is 1.14. The monoisotopic (exact) mass is 270 g/mol. The summed E-state index contributed by atoms with van der Waals surface area (Å²) in [5.74, 6) is 2.49. The van der Waals surface area contributed by atoms with E-state index in [9.17, 15) is 8.78 Å². The first kappa shape index (κ1) is 13.3. The lowest BCUT2D eigenvalue weighted by atomic mass is 10.3. The normalized spacial score (nSPS) is 11.9. The van der Waals surface area contributed by atoms with E-state index in [2.05, 4.69) is 18.8 Å². The summed E-state index contributed by atoms with van der Waals surface area (Å²) in [7, 11) is 0. The van der Waals surface area contributed by atoms with Gasteiger partial charge in [-0.05, 0) is 23.8 Å². The van der Waals surface area contributed by atoms with Crippen molar-refractivity contribution in [3.63, 3.8) is 0 Å². The molecule has 0 amide bonds. The highest BCUT2D eigenvalue weighted by Gasteiger charge is 2.17. The summed E-state index contributed by atoms with van der Waals surface area (Å²) >= 11 is 1.64. The van der Waals surface area contributed by atoms with Crippen molar-refractivity contribution in [1.82, 2.24) is 9.55 Å². The highest BCUT2D eigenvalue weighted by Crippen LogP contribution is 2.25. The fourth-order valence-corrected chi connectivity index (χ4v) is 2.78. The van der Waals surface area contributed by atoms with Gasteiger partial charge in [-0.25, -0.2) is 4.98 Å². The summed E-state index contributed by atoms with van der Waals surface area (Å²) in [6, 6.07) is 7.03. The van der Waals surface area contributed by atoms with Crippen molar-refractivity contribution in [2.45, 2.75) is 26.1 Å². The van der Waals surface area contributed by atoms with E-state index in [1.54, 1.807) is 30.0 Å². The van der Waals surface area contributed by atoms with Crippen LogP contribution in [0.5, 0.6) is 0 Å². The topological polar surface area (TPSA) is 17.8 Å². The zero-order valence-corrected chi connectivity index (χ0v) is 11.3. The van der Waals surface area contributed by atoms with Crippen molar-refractivity contribution in [2.75, 3.05) is 5.75 Å².